The first kappa shape index (κ1) is 16.7. The monoisotopic (exact) mass is 326 g/mol. The summed E-state index contributed by atoms with van der Waals surface area (Å²) in [6.07, 6.45) is 1.14. The Kier molecular flexibility index (Phi) is 5.77. The lowest BCUT2D eigenvalue weighted by Crippen LogP contribution is -3.00. The zero-order valence-electron chi connectivity index (χ0n) is 12.7. The fourth-order valence-electron chi connectivity index (χ4n) is 3.04. The van der Waals surface area contributed by atoms with Gasteiger partial charge in [-0.25, -0.2) is 0 Å². The maximum Gasteiger partial charge on any atom is 0.111 e. The van der Waals surface area contributed by atoms with Gasteiger partial charge < -0.3 is 12.4 Å². The van der Waals surface area contributed by atoms with Crippen molar-refractivity contribution in [3.05, 3.63) is 91.0 Å². The molecule has 0 unspecified atom stereocenters. The molecule has 0 aliphatic carbocycles. The summed E-state index contributed by atoms with van der Waals surface area (Å²) in [4.78, 5) is 0. The predicted octanol–water partition coefficient (Wildman–Crippen LogP) is 1.00. The second-order valence-corrected chi connectivity index (χ2v) is 8.93. The molecule has 0 N–H and O–H groups in total. The number of hydrogen-bond acceptors (Lipinski definition) is 0. The molecule has 0 bridgehead atoms. The van der Waals surface area contributed by atoms with Gasteiger partial charge in [0, 0.05) is 0 Å². The van der Waals surface area contributed by atoms with Crippen LogP contribution in [0, 0.1) is 0 Å². The molecular weight excluding hydrogens is 307 g/mol. The summed E-state index contributed by atoms with van der Waals surface area (Å²) in [5.41, 5.74) is 0. The molecule has 0 aliphatic heterocycles. The molecule has 0 nitrogen and oxygen atoms in total. The Hall–Kier alpha value is -1.62. The number of hydrogen-bond donors (Lipinski definition) is 0. The highest BCUT2D eigenvalue weighted by Crippen LogP contribution is 2.54. The lowest BCUT2D eigenvalue weighted by atomic mass is 10.4. The molecule has 0 amide bonds. The summed E-state index contributed by atoms with van der Waals surface area (Å²) >= 11 is 0. The van der Waals surface area contributed by atoms with Gasteiger partial charge in [-0.3, -0.25) is 0 Å². The molecule has 0 fully saturated rings. The lowest BCUT2D eigenvalue weighted by molar-refractivity contribution is -0.00000409. The number of halogens is 1. The van der Waals surface area contributed by atoms with Gasteiger partial charge in [0.15, 0.2) is 0 Å². The van der Waals surface area contributed by atoms with Crippen molar-refractivity contribution in [3.8, 4) is 0 Å². The average Bonchev–Trinajstić information content (AvgIpc) is 2.59. The summed E-state index contributed by atoms with van der Waals surface area (Å²) in [6, 6.07) is 33.0. The van der Waals surface area contributed by atoms with Gasteiger partial charge in [-0.15, -0.1) is 0 Å². The van der Waals surface area contributed by atoms with Gasteiger partial charge in [0.1, 0.15) is 23.2 Å². The van der Waals surface area contributed by atoms with Crippen molar-refractivity contribution in [2.75, 3.05) is 6.16 Å². The maximum absolute atomic E-state index is 2.32. The van der Waals surface area contributed by atoms with E-state index >= 15 is 0 Å². The number of rotatable bonds is 4. The van der Waals surface area contributed by atoms with Crippen molar-refractivity contribution < 1.29 is 12.4 Å². The first-order valence-corrected chi connectivity index (χ1v) is 9.40. The van der Waals surface area contributed by atoms with Crippen LogP contribution in [0.4, 0.5) is 0 Å². The van der Waals surface area contributed by atoms with Crippen LogP contribution in [0.15, 0.2) is 91.0 Å². The maximum atomic E-state index is 2.32. The van der Waals surface area contributed by atoms with E-state index in [9.17, 15) is 0 Å². The van der Waals surface area contributed by atoms with Crippen LogP contribution in [0.25, 0.3) is 0 Å². The lowest BCUT2D eigenvalue weighted by Gasteiger charge is -2.26. The van der Waals surface area contributed by atoms with Crippen molar-refractivity contribution in [2.45, 2.75) is 6.92 Å². The molecule has 0 radical (unpaired) electrons. The van der Waals surface area contributed by atoms with Gasteiger partial charge in [-0.1, -0.05) is 54.6 Å². The Bertz CT molecular complexity index is 584. The molecular formula is C20H20ClP. The normalized spacial score (nSPS) is 10.8. The van der Waals surface area contributed by atoms with E-state index in [-0.39, 0.29) is 12.4 Å². The third-order valence-corrected chi connectivity index (χ3v) is 8.55. The molecule has 3 rings (SSSR count). The van der Waals surface area contributed by atoms with E-state index in [1.807, 2.05) is 0 Å². The predicted molar refractivity (Wildman–Crippen MR) is 95.7 cm³/mol. The van der Waals surface area contributed by atoms with Crippen LogP contribution in [0.3, 0.4) is 0 Å². The van der Waals surface area contributed by atoms with Crippen LogP contribution in [-0.2, 0) is 0 Å². The van der Waals surface area contributed by atoms with Crippen molar-refractivity contribution in [1.29, 1.82) is 0 Å². The first-order valence-electron chi connectivity index (χ1n) is 7.43. The fraction of sp³-hybridized carbons (Fsp3) is 0.100. The van der Waals surface area contributed by atoms with Crippen LogP contribution in [0.5, 0.6) is 0 Å². The van der Waals surface area contributed by atoms with Gasteiger partial charge in [0.2, 0.25) is 0 Å². The number of benzene rings is 3. The van der Waals surface area contributed by atoms with Gasteiger partial charge in [0.05, 0.1) is 6.16 Å². The minimum absolute atomic E-state index is 0. The molecule has 0 atom stereocenters. The molecule has 2 heteroatoms. The van der Waals surface area contributed by atoms with E-state index in [2.05, 4.69) is 97.9 Å². The highest BCUT2D eigenvalue weighted by atomic mass is 35.5. The van der Waals surface area contributed by atoms with Crippen LogP contribution < -0.4 is 28.3 Å². The van der Waals surface area contributed by atoms with Crippen LogP contribution in [-0.4, -0.2) is 6.16 Å². The third-order valence-electron chi connectivity index (χ3n) is 4.07. The fourth-order valence-corrected chi connectivity index (χ4v) is 7.08. The SMILES string of the molecule is CC[P+](c1ccccc1)(c1ccccc1)c1ccccc1.[Cl-]. The largest absolute Gasteiger partial charge is 1.00 e. The van der Waals surface area contributed by atoms with E-state index in [0.717, 1.165) is 6.16 Å². The second kappa shape index (κ2) is 7.58. The van der Waals surface area contributed by atoms with E-state index < -0.39 is 7.26 Å². The Balaban J connectivity index is 0.00000176. The zero-order chi connectivity index (χ0) is 14.5. The standard InChI is InChI=1S/C20H20P.ClH/c1-2-21(18-12-6-3-7-13-18,19-14-8-4-9-15-19)20-16-10-5-11-17-20;/h3-17H,2H2,1H3;1H/q+1;/p-1. The van der Waals surface area contributed by atoms with E-state index in [4.69, 9.17) is 0 Å². The van der Waals surface area contributed by atoms with Crippen LogP contribution in [0.1, 0.15) is 6.92 Å². The molecule has 0 spiro atoms. The molecule has 22 heavy (non-hydrogen) atoms. The highest BCUT2D eigenvalue weighted by Gasteiger charge is 2.43. The zero-order valence-corrected chi connectivity index (χ0v) is 14.3. The van der Waals surface area contributed by atoms with Gasteiger partial charge >= 0.3 is 0 Å². The van der Waals surface area contributed by atoms with Gasteiger partial charge in [0.25, 0.3) is 0 Å². The molecule has 0 aliphatic rings. The highest BCUT2D eigenvalue weighted by molar-refractivity contribution is 7.95. The molecule has 0 saturated carbocycles. The summed E-state index contributed by atoms with van der Waals surface area (Å²) in [5, 5.41) is 4.39. The van der Waals surface area contributed by atoms with E-state index in [1.165, 1.54) is 15.9 Å². The van der Waals surface area contributed by atoms with Crippen LogP contribution in [0.2, 0.25) is 0 Å². The quantitative estimate of drug-likeness (QED) is 0.628. The van der Waals surface area contributed by atoms with Gasteiger partial charge in [-0.05, 0) is 43.3 Å². The Morgan fingerprint density at radius 1 is 0.545 bits per heavy atom. The average molecular weight is 327 g/mol. The topological polar surface area (TPSA) is 0 Å². The van der Waals surface area contributed by atoms with E-state index in [0.29, 0.717) is 0 Å². The molecule has 0 aromatic heterocycles. The van der Waals surface area contributed by atoms with Crippen molar-refractivity contribution in [1.82, 2.24) is 0 Å². The summed E-state index contributed by atoms with van der Waals surface area (Å²) in [6.45, 7) is 2.32. The van der Waals surface area contributed by atoms with Crippen LogP contribution >= 0.6 is 7.26 Å². The summed E-state index contributed by atoms with van der Waals surface area (Å²) < 4.78 is 0. The second-order valence-electron chi connectivity index (χ2n) is 5.13. The van der Waals surface area contributed by atoms with Crippen molar-refractivity contribution in [2.24, 2.45) is 0 Å². The molecule has 3 aromatic carbocycles. The minimum atomic E-state index is -1.53. The Labute approximate surface area is 140 Å². The Morgan fingerprint density at radius 3 is 1.05 bits per heavy atom. The third kappa shape index (κ3) is 2.95. The van der Waals surface area contributed by atoms with E-state index in [1.54, 1.807) is 0 Å². The molecule has 112 valence electrons. The molecule has 3 aromatic rings. The first-order chi connectivity index (χ1) is 10.4. The van der Waals surface area contributed by atoms with Gasteiger partial charge in [-0.2, -0.15) is 0 Å². The molecule has 0 saturated heterocycles. The van der Waals surface area contributed by atoms with Crippen molar-refractivity contribution in [3.63, 3.8) is 0 Å². The smallest absolute Gasteiger partial charge is 0.111 e. The summed E-state index contributed by atoms with van der Waals surface area (Å²) in [7, 11) is -1.53. The summed E-state index contributed by atoms with van der Waals surface area (Å²) in [5.74, 6) is 0. The Morgan fingerprint density at radius 2 is 0.818 bits per heavy atom. The van der Waals surface area contributed by atoms with Crippen molar-refractivity contribution >= 4 is 23.2 Å². The molecule has 0 heterocycles. The minimum Gasteiger partial charge on any atom is -1.00 e.